The van der Waals surface area contributed by atoms with E-state index in [-0.39, 0.29) is 17.6 Å². The van der Waals surface area contributed by atoms with E-state index in [0.717, 1.165) is 41.9 Å². The molecular formula is C21H27N3O3S2. The van der Waals surface area contributed by atoms with Gasteiger partial charge in [-0.25, -0.2) is 0 Å². The second kappa shape index (κ2) is 10.6. The number of aromatic nitrogens is 1. The summed E-state index contributed by atoms with van der Waals surface area (Å²) in [7, 11) is 1.63. The lowest BCUT2D eigenvalue weighted by atomic mass is 10.2. The van der Waals surface area contributed by atoms with Crippen LogP contribution >= 0.6 is 23.1 Å². The van der Waals surface area contributed by atoms with E-state index < -0.39 is 0 Å². The molecule has 0 unspecified atom stereocenters. The molecule has 1 aromatic heterocycles. The normalized spacial score (nSPS) is 15.3. The summed E-state index contributed by atoms with van der Waals surface area (Å²) in [6.07, 6.45) is 6.32. The van der Waals surface area contributed by atoms with Gasteiger partial charge in [0.15, 0.2) is 4.80 Å². The Morgan fingerprint density at radius 1 is 1.24 bits per heavy atom. The van der Waals surface area contributed by atoms with E-state index in [9.17, 15) is 9.59 Å². The molecule has 0 bridgehead atoms. The van der Waals surface area contributed by atoms with Crippen LogP contribution in [0.4, 0.5) is 0 Å². The van der Waals surface area contributed by atoms with Crippen LogP contribution < -0.4 is 9.54 Å². The summed E-state index contributed by atoms with van der Waals surface area (Å²) in [5.74, 6) is 1.20. The minimum atomic E-state index is -0.227. The fraction of sp³-hybridized carbons (Fsp3) is 0.476. The standard InChI is InChI=1S/C21H27N3O3S2/c1-3-10-24-17-9-8-16(27-2)13-18(17)29-21(24)22-19(25)14-28-15-20(26)23-11-6-4-5-7-12-23/h3,8-9,13H,1,4-7,10-12,14-15H2,2H3. The van der Waals surface area contributed by atoms with Gasteiger partial charge >= 0.3 is 0 Å². The molecule has 1 aliphatic rings. The lowest BCUT2D eigenvalue weighted by Crippen LogP contribution is -2.33. The molecule has 0 aliphatic carbocycles. The van der Waals surface area contributed by atoms with Crippen molar-refractivity contribution in [3.8, 4) is 5.75 Å². The molecule has 1 aliphatic heterocycles. The summed E-state index contributed by atoms with van der Waals surface area (Å²) in [6, 6.07) is 5.80. The Kier molecular flexibility index (Phi) is 7.94. The summed E-state index contributed by atoms with van der Waals surface area (Å²) in [5.41, 5.74) is 0.992. The van der Waals surface area contributed by atoms with Gasteiger partial charge in [-0.2, -0.15) is 4.99 Å². The molecule has 0 atom stereocenters. The van der Waals surface area contributed by atoms with E-state index in [1.165, 1.54) is 35.9 Å². The largest absolute Gasteiger partial charge is 0.497 e. The van der Waals surface area contributed by atoms with Gasteiger partial charge in [-0.15, -0.1) is 18.3 Å². The fourth-order valence-corrected chi connectivity index (χ4v) is 5.13. The first-order chi connectivity index (χ1) is 14.1. The fourth-order valence-electron chi connectivity index (χ4n) is 3.35. The number of carbonyl (C=O) groups is 2. The zero-order chi connectivity index (χ0) is 20.6. The van der Waals surface area contributed by atoms with E-state index in [0.29, 0.717) is 17.1 Å². The number of thioether (sulfide) groups is 1. The molecule has 1 saturated heterocycles. The zero-order valence-corrected chi connectivity index (χ0v) is 18.4. The van der Waals surface area contributed by atoms with Crippen molar-refractivity contribution in [2.24, 2.45) is 4.99 Å². The monoisotopic (exact) mass is 433 g/mol. The lowest BCUT2D eigenvalue weighted by molar-refractivity contribution is -0.128. The average molecular weight is 434 g/mol. The third-order valence-electron chi connectivity index (χ3n) is 4.83. The third-order valence-corrected chi connectivity index (χ3v) is 6.78. The maximum atomic E-state index is 12.4. The number of nitrogens with zero attached hydrogens (tertiary/aromatic N) is 3. The molecule has 0 N–H and O–H groups in total. The van der Waals surface area contributed by atoms with Crippen LogP contribution in [0.25, 0.3) is 10.2 Å². The molecule has 156 valence electrons. The SMILES string of the molecule is C=CCn1c(=NC(=O)CSCC(=O)N2CCCCCC2)sc2cc(OC)ccc21. The maximum Gasteiger partial charge on any atom is 0.258 e. The van der Waals surface area contributed by atoms with Gasteiger partial charge in [-0.3, -0.25) is 9.59 Å². The minimum Gasteiger partial charge on any atom is -0.497 e. The van der Waals surface area contributed by atoms with Gasteiger partial charge in [-0.05, 0) is 31.0 Å². The second-order valence-electron chi connectivity index (χ2n) is 6.91. The third kappa shape index (κ3) is 5.73. The van der Waals surface area contributed by atoms with Crippen LogP contribution in [0.1, 0.15) is 25.7 Å². The number of hydrogen-bond acceptors (Lipinski definition) is 5. The van der Waals surface area contributed by atoms with E-state index in [4.69, 9.17) is 4.74 Å². The van der Waals surface area contributed by atoms with E-state index >= 15 is 0 Å². The quantitative estimate of drug-likeness (QED) is 0.628. The number of rotatable bonds is 7. The van der Waals surface area contributed by atoms with Crippen LogP contribution in [0.5, 0.6) is 5.75 Å². The van der Waals surface area contributed by atoms with Gasteiger partial charge in [0.1, 0.15) is 5.75 Å². The highest BCUT2D eigenvalue weighted by Crippen LogP contribution is 2.23. The second-order valence-corrected chi connectivity index (χ2v) is 8.91. The Morgan fingerprint density at radius 3 is 2.69 bits per heavy atom. The zero-order valence-electron chi connectivity index (χ0n) is 16.8. The number of fused-ring (bicyclic) bond motifs is 1. The maximum absolute atomic E-state index is 12.4. The number of allylic oxidation sites excluding steroid dienone is 1. The number of benzene rings is 1. The highest BCUT2D eigenvalue weighted by Gasteiger charge is 2.16. The number of thiazole rings is 1. The topological polar surface area (TPSA) is 63.9 Å². The molecule has 2 amide bonds. The number of hydrogen-bond donors (Lipinski definition) is 0. The molecule has 1 fully saturated rings. The summed E-state index contributed by atoms with van der Waals surface area (Å²) in [5, 5.41) is 0. The first-order valence-electron chi connectivity index (χ1n) is 9.83. The van der Waals surface area contributed by atoms with Crippen molar-refractivity contribution < 1.29 is 14.3 Å². The number of methoxy groups -OCH3 is 1. The van der Waals surface area contributed by atoms with Crippen LogP contribution in [0.15, 0.2) is 35.8 Å². The van der Waals surface area contributed by atoms with Crippen molar-refractivity contribution in [1.82, 2.24) is 9.47 Å². The lowest BCUT2D eigenvalue weighted by Gasteiger charge is -2.19. The van der Waals surface area contributed by atoms with Crippen LogP contribution in [0.3, 0.4) is 0 Å². The molecule has 6 nitrogen and oxygen atoms in total. The summed E-state index contributed by atoms with van der Waals surface area (Å²) in [6.45, 7) is 6.05. The molecule has 0 spiro atoms. The van der Waals surface area contributed by atoms with Crippen molar-refractivity contribution in [2.45, 2.75) is 32.2 Å². The Labute approximate surface area is 179 Å². The molecule has 0 radical (unpaired) electrons. The molecule has 8 heteroatoms. The van der Waals surface area contributed by atoms with Crippen molar-refractivity contribution >= 4 is 45.1 Å². The Balaban J connectivity index is 1.66. The number of likely N-dealkylation sites (tertiary alicyclic amines) is 1. The van der Waals surface area contributed by atoms with Crippen LogP contribution in [-0.4, -0.2) is 53.0 Å². The van der Waals surface area contributed by atoms with Gasteiger partial charge in [0.25, 0.3) is 5.91 Å². The van der Waals surface area contributed by atoms with Gasteiger partial charge < -0.3 is 14.2 Å². The van der Waals surface area contributed by atoms with Crippen molar-refractivity contribution in [3.63, 3.8) is 0 Å². The smallest absolute Gasteiger partial charge is 0.258 e. The molecular weight excluding hydrogens is 406 g/mol. The highest BCUT2D eigenvalue weighted by molar-refractivity contribution is 8.00. The van der Waals surface area contributed by atoms with Crippen molar-refractivity contribution in [2.75, 3.05) is 31.7 Å². The summed E-state index contributed by atoms with van der Waals surface area (Å²) >= 11 is 2.79. The number of ether oxygens (including phenoxy) is 1. The van der Waals surface area contributed by atoms with Crippen LogP contribution in [0.2, 0.25) is 0 Å². The molecule has 3 rings (SSSR count). The van der Waals surface area contributed by atoms with Gasteiger partial charge in [0.05, 0.1) is 28.8 Å². The predicted octanol–water partition coefficient (Wildman–Crippen LogP) is 3.46. The first-order valence-corrected chi connectivity index (χ1v) is 11.8. The Bertz CT molecular complexity index is 940. The molecule has 0 saturated carbocycles. The van der Waals surface area contributed by atoms with Crippen molar-refractivity contribution in [3.05, 3.63) is 35.7 Å². The van der Waals surface area contributed by atoms with E-state index in [1.807, 2.05) is 27.7 Å². The molecule has 2 aromatic rings. The molecule has 29 heavy (non-hydrogen) atoms. The number of carbonyl (C=O) groups excluding carboxylic acids is 2. The van der Waals surface area contributed by atoms with E-state index in [1.54, 1.807) is 13.2 Å². The van der Waals surface area contributed by atoms with Crippen LogP contribution in [-0.2, 0) is 16.1 Å². The average Bonchev–Trinajstić information content (AvgIpc) is 2.88. The minimum absolute atomic E-state index is 0.125. The van der Waals surface area contributed by atoms with Gasteiger partial charge in [0.2, 0.25) is 5.91 Å². The van der Waals surface area contributed by atoms with Crippen molar-refractivity contribution in [1.29, 1.82) is 0 Å². The predicted molar refractivity (Wildman–Crippen MR) is 120 cm³/mol. The number of amides is 2. The first kappa shape index (κ1) is 21.6. The molecule has 2 heterocycles. The van der Waals surface area contributed by atoms with Gasteiger partial charge in [-0.1, -0.05) is 30.3 Å². The van der Waals surface area contributed by atoms with E-state index in [2.05, 4.69) is 11.6 Å². The summed E-state index contributed by atoms with van der Waals surface area (Å²) < 4.78 is 8.26. The van der Waals surface area contributed by atoms with Gasteiger partial charge in [0, 0.05) is 19.6 Å². The van der Waals surface area contributed by atoms with Crippen LogP contribution in [0, 0.1) is 0 Å². The Hall–Kier alpha value is -2.06. The Morgan fingerprint density at radius 2 is 2.00 bits per heavy atom. The summed E-state index contributed by atoms with van der Waals surface area (Å²) in [4.78, 5) is 31.6. The highest BCUT2D eigenvalue weighted by atomic mass is 32.2. The molecule has 1 aromatic carbocycles.